The molecule has 0 aliphatic heterocycles. The quantitative estimate of drug-likeness (QED) is 0.875. The smallest absolute Gasteiger partial charge is 0.0266 e. The van der Waals surface area contributed by atoms with Gasteiger partial charge in [0.2, 0.25) is 0 Å². The molecule has 0 amide bonds. The summed E-state index contributed by atoms with van der Waals surface area (Å²) in [6, 6.07) is 17.0. The van der Waals surface area contributed by atoms with Crippen LogP contribution in [0.2, 0.25) is 0 Å². The van der Waals surface area contributed by atoms with Gasteiger partial charge in [0.05, 0.1) is 0 Å². The minimum atomic E-state index is 0.104. The molecule has 0 bridgehead atoms. The Balaban J connectivity index is 2.17. The van der Waals surface area contributed by atoms with Gasteiger partial charge < -0.3 is 5.73 Å². The van der Waals surface area contributed by atoms with E-state index in [9.17, 15) is 0 Å². The Bertz CT molecular complexity index is 489. The molecule has 1 nitrogen and oxygen atoms in total. The van der Waals surface area contributed by atoms with E-state index in [1.165, 1.54) is 20.9 Å². The largest absolute Gasteiger partial charge is 0.324 e. The zero-order valence-corrected chi connectivity index (χ0v) is 11.0. The first kappa shape index (κ1) is 12.2. The van der Waals surface area contributed by atoms with E-state index in [0.717, 1.165) is 0 Å². The maximum absolute atomic E-state index is 5.83. The van der Waals surface area contributed by atoms with Gasteiger partial charge in [-0.25, -0.2) is 0 Å². The van der Waals surface area contributed by atoms with Gasteiger partial charge in [-0.1, -0.05) is 42.1 Å². The number of aryl methyl sites for hydroxylation is 1. The Morgan fingerprint density at radius 2 is 1.65 bits per heavy atom. The van der Waals surface area contributed by atoms with Crippen molar-refractivity contribution >= 4 is 11.8 Å². The molecule has 0 fully saturated rings. The highest BCUT2D eigenvalue weighted by molar-refractivity contribution is 7.99. The summed E-state index contributed by atoms with van der Waals surface area (Å²) in [6.07, 6.45) is 0. The minimum Gasteiger partial charge on any atom is -0.324 e. The molecule has 17 heavy (non-hydrogen) atoms. The summed E-state index contributed by atoms with van der Waals surface area (Å²) in [5.41, 5.74) is 8.33. The lowest BCUT2D eigenvalue weighted by Crippen LogP contribution is -2.04. The molecule has 0 aliphatic rings. The Labute approximate surface area is 107 Å². The fraction of sp³-hybridized carbons (Fsp3) is 0.200. The molecule has 0 aliphatic carbocycles. The van der Waals surface area contributed by atoms with Gasteiger partial charge >= 0.3 is 0 Å². The maximum atomic E-state index is 5.83. The van der Waals surface area contributed by atoms with Crippen LogP contribution in [-0.2, 0) is 0 Å². The summed E-state index contributed by atoms with van der Waals surface area (Å²) in [5, 5.41) is 0. The minimum absolute atomic E-state index is 0.104. The van der Waals surface area contributed by atoms with Crippen LogP contribution in [-0.4, -0.2) is 0 Å². The fourth-order valence-corrected chi connectivity index (χ4v) is 2.54. The van der Waals surface area contributed by atoms with Crippen molar-refractivity contribution in [3.05, 3.63) is 59.7 Å². The Hall–Kier alpha value is -1.25. The Morgan fingerprint density at radius 1 is 1.00 bits per heavy atom. The molecule has 2 aromatic carbocycles. The molecule has 2 N–H and O–H groups in total. The first-order valence-electron chi connectivity index (χ1n) is 5.76. The number of rotatable bonds is 3. The number of benzene rings is 2. The fourth-order valence-electron chi connectivity index (χ4n) is 1.64. The molecule has 0 unspecified atom stereocenters. The van der Waals surface area contributed by atoms with Crippen molar-refractivity contribution in [3.8, 4) is 0 Å². The van der Waals surface area contributed by atoms with E-state index in [-0.39, 0.29) is 6.04 Å². The second kappa shape index (κ2) is 5.39. The first-order chi connectivity index (χ1) is 8.16. The summed E-state index contributed by atoms with van der Waals surface area (Å²) >= 11 is 1.79. The maximum Gasteiger partial charge on any atom is 0.0266 e. The van der Waals surface area contributed by atoms with Crippen molar-refractivity contribution in [3.63, 3.8) is 0 Å². The predicted octanol–water partition coefficient (Wildman–Crippen LogP) is 4.17. The van der Waals surface area contributed by atoms with Gasteiger partial charge in [-0.2, -0.15) is 0 Å². The van der Waals surface area contributed by atoms with Gasteiger partial charge in [-0.3, -0.25) is 0 Å². The topological polar surface area (TPSA) is 26.0 Å². The van der Waals surface area contributed by atoms with Crippen LogP contribution in [0.15, 0.2) is 58.3 Å². The van der Waals surface area contributed by atoms with E-state index in [2.05, 4.69) is 55.5 Å². The molecule has 2 aromatic rings. The third kappa shape index (κ3) is 3.11. The van der Waals surface area contributed by atoms with Gasteiger partial charge in [0, 0.05) is 15.8 Å². The van der Waals surface area contributed by atoms with E-state index >= 15 is 0 Å². The standard InChI is InChI=1S/C15H17NS/c1-11-5-3-4-6-15(11)17-14-9-7-13(8-10-14)12(2)16/h3-10,12H,16H2,1-2H3/t12-/m0/s1. The van der Waals surface area contributed by atoms with E-state index in [4.69, 9.17) is 5.73 Å². The van der Waals surface area contributed by atoms with Gasteiger partial charge in [-0.15, -0.1) is 0 Å². The monoisotopic (exact) mass is 243 g/mol. The number of hydrogen-bond acceptors (Lipinski definition) is 2. The third-order valence-electron chi connectivity index (χ3n) is 2.73. The average molecular weight is 243 g/mol. The lowest BCUT2D eigenvalue weighted by Gasteiger charge is -2.08. The van der Waals surface area contributed by atoms with Gasteiger partial charge in [0.1, 0.15) is 0 Å². The normalized spacial score (nSPS) is 12.4. The van der Waals surface area contributed by atoms with Crippen molar-refractivity contribution in [2.75, 3.05) is 0 Å². The van der Waals surface area contributed by atoms with Crippen LogP contribution in [0.1, 0.15) is 24.1 Å². The molecular weight excluding hydrogens is 226 g/mol. The van der Waals surface area contributed by atoms with Crippen LogP contribution in [0.3, 0.4) is 0 Å². The molecule has 2 heteroatoms. The van der Waals surface area contributed by atoms with Crippen LogP contribution in [0.5, 0.6) is 0 Å². The SMILES string of the molecule is Cc1ccccc1Sc1ccc([C@H](C)N)cc1. The van der Waals surface area contributed by atoms with Crippen LogP contribution in [0.25, 0.3) is 0 Å². The van der Waals surface area contributed by atoms with E-state index in [1.54, 1.807) is 11.8 Å². The molecule has 88 valence electrons. The van der Waals surface area contributed by atoms with Gasteiger partial charge in [0.15, 0.2) is 0 Å². The molecule has 2 rings (SSSR count). The molecule has 0 spiro atoms. The molecule has 0 saturated heterocycles. The molecule has 0 aromatic heterocycles. The lowest BCUT2D eigenvalue weighted by atomic mass is 10.1. The molecule has 0 saturated carbocycles. The third-order valence-corrected chi connectivity index (χ3v) is 3.91. The zero-order chi connectivity index (χ0) is 12.3. The number of hydrogen-bond donors (Lipinski definition) is 1. The molecule has 0 radical (unpaired) electrons. The second-order valence-electron chi connectivity index (χ2n) is 4.23. The van der Waals surface area contributed by atoms with Gasteiger partial charge in [0.25, 0.3) is 0 Å². The van der Waals surface area contributed by atoms with E-state index < -0.39 is 0 Å². The van der Waals surface area contributed by atoms with Gasteiger partial charge in [-0.05, 0) is 43.2 Å². The Morgan fingerprint density at radius 3 is 2.24 bits per heavy atom. The summed E-state index contributed by atoms with van der Waals surface area (Å²) in [5.74, 6) is 0. The summed E-state index contributed by atoms with van der Waals surface area (Å²) in [6.45, 7) is 4.14. The lowest BCUT2D eigenvalue weighted by molar-refractivity contribution is 0.817. The van der Waals surface area contributed by atoms with E-state index in [0.29, 0.717) is 0 Å². The molecule has 0 heterocycles. The average Bonchev–Trinajstić information content (AvgIpc) is 2.33. The zero-order valence-electron chi connectivity index (χ0n) is 10.2. The molecular formula is C15H17NS. The predicted molar refractivity (Wildman–Crippen MR) is 74.3 cm³/mol. The number of nitrogens with two attached hydrogens (primary N) is 1. The van der Waals surface area contributed by atoms with Crippen molar-refractivity contribution < 1.29 is 0 Å². The molecule has 1 atom stereocenters. The highest BCUT2D eigenvalue weighted by Gasteiger charge is 2.02. The van der Waals surface area contributed by atoms with Crippen LogP contribution < -0.4 is 5.73 Å². The van der Waals surface area contributed by atoms with Crippen LogP contribution in [0, 0.1) is 6.92 Å². The second-order valence-corrected chi connectivity index (χ2v) is 5.34. The summed E-state index contributed by atoms with van der Waals surface area (Å²) in [4.78, 5) is 2.56. The highest BCUT2D eigenvalue weighted by Crippen LogP contribution is 2.30. The van der Waals surface area contributed by atoms with Crippen molar-refractivity contribution in [2.24, 2.45) is 5.73 Å². The van der Waals surface area contributed by atoms with E-state index in [1.807, 2.05) is 6.92 Å². The first-order valence-corrected chi connectivity index (χ1v) is 6.57. The Kier molecular flexibility index (Phi) is 3.87. The van der Waals surface area contributed by atoms with Crippen molar-refractivity contribution in [2.45, 2.75) is 29.7 Å². The summed E-state index contributed by atoms with van der Waals surface area (Å²) in [7, 11) is 0. The van der Waals surface area contributed by atoms with Crippen molar-refractivity contribution in [1.82, 2.24) is 0 Å². The summed E-state index contributed by atoms with van der Waals surface area (Å²) < 4.78 is 0. The van der Waals surface area contributed by atoms with Crippen LogP contribution in [0.4, 0.5) is 0 Å². The van der Waals surface area contributed by atoms with Crippen LogP contribution >= 0.6 is 11.8 Å². The highest BCUT2D eigenvalue weighted by atomic mass is 32.2. The van der Waals surface area contributed by atoms with Crippen molar-refractivity contribution in [1.29, 1.82) is 0 Å².